The number of nitrogens with zero attached hydrogens (tertiary/aromatic N) is 4. The summed E-state index contributed by atoms with van der Waals surface area (Å²) in [5.74, 6) is 1.99. The first-order valence-electron chi connectivity index (χ1n) is 7.05. The maximum Gasteiger partial charge on any atom is 0.209 e. The molecule has 1 aliphatic carbocycles. The highest BCUT2D eigenvalue weighted by atomic mass is 32.2. The lowest BCUT2D eigenvalue weighted by atomic mass is 10.0. The van der Waals surface area contributed by atoms with E-state index < -0.39 is 0 Å². The minimum absolute atomic E-state index is 0.551. The summed E-state index contributed by atoms with van der Waals surface area (Å²) < 4.78 is 2.07. The van der Waals surface area contributed by atoms with Crippen molar-refractivity contribution in [2.45, 2.75) is 49.7 Å². The Morgan fingerprint density at radius 1 is 1.17 bits per heavy atom. The maximum atomic E-state index is 4.19. The average molecular weight is 267 g/mol. The molecule has 2 aliphatic rings. The van der Waals surface area contributed by atoms with Crippen molar-refractivity contribution in [3.8, 4) is 0 Å². The van der Waals surface area contributed by atoms with Gasteiger partial charge in [0.1, 0.15) is 0 Å². The summed E-state index contributed by atoms with van der Waals surface area (Å²) in [6.45, 7) is 2.33. The van der Waals surface area contributed by atoms with Crippen LogP contribution >= 0.6 is 11.8 Å². The van der Waals surface area contributed by atoms with Crippen molar-refractivity contribution >= 4 is 11.8 Å². The molecule has 1 N–H and O–H groups in total. The summed E-state index contributed by atoms with van der Waals surface area (Å²) in [7, 11) is 0. The van der Waals surface area contributed by atoms with Crippen LogP contribution in [0.4, 0.5) is 0 Å². The van der Waals surface area contributed by atoms with E-state index in [4.69, 9.17) is 0 Å². The van der Waals surface area contributed by atoms with Crippen molar-refractivity contribution in [3.63, 3.8) is 0 Å². The van der Waals surface area contributed by atoms with Crippen molar-refractivity contribution in [3.05, 3.63) is 0 Å². The molecule has 6 heteroatoms. The molecule has 0 spiro atoms. The zero-order valence-electron chi connectivity index (χ0n) is 10.7. The number of hydrogen-bond acceptors (Lipinski definition) is 5. The molecule has 2 heterocycles. The zero-order chi connectivity index (χ0) is 12.2. The Hall–Kier alpha value is -0.620. The molecule has 2 fully saturated rings. The molecule has 3 rings (SSSR count). The van der Waals surface area contributed by atoms with Gasteiger partial charge in [-0.25, -0.2) is 4.68 Å². The Morgan fingerprint density at radius 2 is 1.94 bits per heavy atom. The highest BCUT2D eigenvalue weighted by molar-refractivity contribution is 7.99. The number of rotatable bonds is 4. The van der Waals surface area contributed by atoms with Crippen LogP contribution in [0.3, 0.4) is 0 Å². The van der Waals surface area contributed by atoms with Crippen LogP contribution in [-0.4, -0.2) is 39.0 Å². The van der Waals surface area contributed by atoms with Crippen LogP contribution in [0.2, 0.25) is 0 Å². The molecular formula is C12H21N5S. The monoisotopic (exact) mass is 267 g/mol. The topological polar surface area (TPSA) is 55.6 Å². The van der Waals surface area contributed by atoms with Crippen molar-refractivity contribution in [2.24, 2.45) is 5.92 Å². The van der Waals surface area contributed by atoms with Crippen LogP contribution in [0, 0.1) is 5.92 Å². The first-order valence-corrected chi connectivity index (χ1v) is 8.03. The molecule has 0 radical (unpaired) electrons. The second-order valence-electron chi connectivity index (χ2n) is 5.35. The molecule has 5 nitrogen and oxygen atoms in total. The van der Waals surface area contributed by atoms with Crippen LogP contribution in [-0.2, 0) is 0 Å². The van der Waals surface area contributed by atoms with E-state index in [2.05, 4.69) is 25.5 Å². The fourth-order valence-corrected chi connectivity index (χ4v) is 4.03. The van der Waals surface area contributed by atoms with Crippen LogP contribution in [0.1, 0.15) is 44.6 Å². The van der Waals surface area contributed by atoms with Crippen molar-refractivity contribution < 1.29 is 0 Å². The predicted molar refractivity (Wildman–Crippen MR) is 71.6 cm³/mol. The lowest BCUT2D eigenvalue weighted by molar-refractivity contribution is 0.404. The van der Waals surface area contributed by atoms with E-state index in [0.29, 0.717) is 6.04 Å². The fraction of sp³-hybridized carbons (Fsp3) is 0.917. The van der Waals surface area contributed by atoms with Gasteiger partial charge in [-0.05, 0) is 55.1 Å². The molecule has 1 aromatic rings. The molecule has 100 valence electrons. The van der Waals surface area contributed by atoms with Crippen molar-refractivity contribution in [1.29, 1.82) is 0 Å². The molecule has 1 saturated carbocycles. The Morgan fingerprint density at radius 3 is 2.72 bits per heavy atom. The number of nitrogens with one attached hydrogen (secondary N) is 1. The third-order valence-electron chi connectivity index (χ3n) is 4.04. The van der Waals surface area contributed by atoms with Crippen molar-refractivity contribution in [1.82, 2.24) is 25.5 Å². The minimum atomic E-state index is 0.551. The Balaban J connectivity index is 1.56. The van der Waals surface area contributed by atoms with Gasteiger partial charge in [-0.2, -0.15) is 0 Å². The highest BCUT2D eigenvalue weighted by Crippen LogP contribution is 2.32. The molecule has 0 atom stereocenters. The quantitative estimate of drug-likeness (QED) is 0.844. The van der Waals surface area contributed by atoms with E-state index in [1.54, 1.807) is 0 Å². The Labute approximate surface area is 112 Å². The normalized spacial score (nSPS) is 22.7. The smallest absolute Gasteiger partial charge is 0.209 e. The molecule has 1 saturated heterocycles. The lowest BCUT2D eigenvalue weighted by Gasteiger charge is -2.22. The summed E-state index contributed by atoms with van der Waals surface area (Å²) in [5.41, 5.74) is 0. The van der Waals surface area contributed by atoms with Gasteiger partial charge in [0.05, 0.1) is 6.04 Å². The zero-order valence-corrected chi connectivity index (χ0v) is 11.5. The third kappa shape index (κ3) is 2.85. The number of tetrazole rings is 1. The SMILES string of the molecule is C1CCC(n2nnnc2SCC2CCNCC2)C1. The Bertz CT molecular complexity index is 368. The molecule has 1 aliphatic heterocycles. The second kappa shape index (κ2) is 6.02. The summed E-state index contributed by atoms with van der Waals surface area (Å²) in [6, 6.07) is 0.551. The van der Waals surface area contributed by atoms with Crippen LogP contribution in [0.5, 0.6) is 0 Å². The number of piperidine rings is 1. The number of thioether (sulfide) groups is 1. The van der Waals surface area contributed by atoms with Gasteiger partial charge in [0.25, 0.3) is 0 Å². The molecule has 18 heavy (non-hydrogen) atoms. The van der Waals surface area contributed by atoms with Gasteiger partial charge >= 0.3 is 0 Å². The van der Waals surface area contributed by atoms with Gasteiger partial charge in [-0.1, -0.05) is 24.6 Å². The first kappa shape index (κ1) is 12.4. The minimum Gasteiger partial charge on any atom is -0.317 e. The van der Waals surface area contributed by atoms with Gasteiger partial charge in [0.2, 0.25) is 5.16 Å². The third-order valence-corrected chi connectivity index (χ3v) is 5.21. The van der Waals surface area contributed by atoms with Gasteiger partial charge in [-0.3, -0.25) is 0 Å². The summed E-state index contributed by atoms with van der Waals surface area (Å²) in [5, 5.41) is 16.7. The van der Waals surface area contributed by atoms with E-state index in [1.165, 1.54) is 51.6 Å². The molecule has 0 bridgehead atoms. The number of aromatic nitrogens is 4. The predicted octanol–water partition coefficient (Wildman–Crippen LogP) is 1.88. The number of hydrogen-bond donors (Lipinski definition) is 1. The van der Waals surface area contributed by atoms with Gasteiger partial charge in [-0.15, -0.1) is 5.10 Å². The summed E-state index contributed by atoms with van der Waals surface area (Å²) in [4.78, 5) is 0. The first-order chi connectivity index (χ1) is 8.93. The van der Waals surface area contributed by atoms with Crippen LogP contribution in [0.25, 0.3) is 0 Å². The van der Waals surface area contributed by atoms with E-state index in [-0.39, 0.29) is 0 Å². The molecule has 0 amide bonds. The summed E-state index contributed by atoms with van der Waals surface area (Å²) in [6.07, 6.45) is 7.71. The molecule has 0 unspecified atom stereocenters. The molecule has 1 aromatic heterocycles. The fourth-order valence-electron chi connectivity index (χ4n) is 2.90. The van der Waals surface area contributed by atoms with Gasteiger partial charge in [0, 0.05) is 5.75 Å². The van der Waals surface area contributed by atoms with Crippen LogP contribution in [0.15, 0.2) is 5.16 Å². The van der Waals surface area contributed by atoms with Gasteiger partial charge < -0.3 is 5.32 Å². The van der Waals surface area contributed by atoms with E-state index in [0.717, 1.165) is 16.8 Å². The van der Waals surface area contributed by atoms with E-state index >= 15 is 0 Å². The van der Waals surface area contributed by atoms with Crippen LogP contribution < -0.4 is 5.32 Å². The largest absolute Gasteiger partial charge is 0.317 e. The molecular weight excluding hydrogens is 246 g/mol. The lowest BCUT2D eigenvalue weighted by Crippen LogP contribution is -2.28. The standard InChI is InChI=1S/C12H21N5S/c1-2-4-11(3-1)17-12(14-15-16-17)18-9-10-5-7-13-8-6-10/h10-11,13H,1-9H2. The summed E-state index contributed by atoms with van der Waals surface area (Å²) >= 11 is 1.85. The maximum absolute atomic E-state index is 4.19. The van der Waals surface area contributed by atoms with E-state index in [1.807, 2.05) is 11.8 Å². The highest BCUT2D eigenvalue weighted by Gasteiger charge is 2.22. The Kier molecular flexibility index (Phi) is 4.15. The van der Waals surface area contributed by atoms with E-state index in [9.17, 15) is 0 Å². The van der Waals surface area contributed by atoms with Crippen molar-refractivity contribution in [2.75, 3.05) is 18.8 Å². The average Bonchev–Trinajstić information content (AvgIpc) is 3.08. The second-order valence-corrected chi connectivity index (χ2v) is 6.34. The van der Waals surface area contributed by atoms with Gasteiger partial charge in [0.15, 0.2) is 0 Å². The molecule has 0 aromatic carbocycles.